The molecule has 0 unspecified atom stereocenters. The zero-order valence-electron chi connectivity index (χ0n) is 17.4. The first-order valence-corrected chi connectivity index (χ1v) is 10.4. The summed E-state index contributed by atoms with van der Waals surface area (Å²) < 4.78 is 8.91. The maximum atomic E-state index is 12.8. The largest absolute Gasteiger partial charge is 0.478 e. The lowest BCUT2D eigenvalue weighted by Gasteiger charge is -2.31. The molecule has 0 spiro atoms. The fourth-order valence-electron chi connectivity index (χ4n) is 3.88. The fourth-order valence-corrected chi connectivity index (χ4v) is 3.88. The number of nitrogens with zero attached hydrogens (tertiary/aromatic N) is 5. The van der Waals surface area contributed by atoms with Crippen molar-refractivity contribution in [2.75, 3.05) is 19.7 Å². The Balaban J connectivity index is 1.38. The van der Waals surface area contributed by atoms with Crippen molar-refractivity contribution < 1.29 is 9.53 Å². The first kappa shape index (κ1) is 19.7. The molecule has 1 fully saturated rings. The molecular formula is C21H29N5O3. The molecule has 8 heteroatoms. The Kier molecular flexibility index (Phi) is 5.19. The molecule has 29 heavy (non-hydrogen) atoms. The number of ether oxygens (including phenoxy) is 1. The third-order valence-electron chi connectivity index (χ3n) is 5.69. The Morgan fingerprint density at radius 3 is 2.62 bits per heavy atom. The van der Waals surface area contributed by atoms with Crippen LogP contribution >= 0.6 is 0 Å². The molecule has 0 saturated carbocycles. The third-order valence-corrected chi connectivity index (χ3v) is 5.69. The van der Waals surface area contributed by atoms with Gasteiger partial charge in [-0.15, -0.1) is 0 Å². The van der Waals surface area contributed by atoms with E-state index >= 15 is 0 Å². The number of amides is 1. The number of rotatable bonds is 3. The number of aryl methyl sites for hydroxylation is 1. The first-order valence-electron chi connectivity index (χ1n) is 10.4. The van der Waals surface area contributed by atoms with Crippen molar-refractivity contribution in [3.8, 4) is 5.88 Å². The number of likely N-dealkylation sites (tertiary alicyclic amines) is 1. The van der Waals surface area contributed by atoms with Crippen molar-refractivity contribution >= 4 is 5.91 Å². The summed E-state index contributed by atoms with van der Waals surface area (Å²) in [5.74, 6) is 0.968. The second-order valence-electron chi connectivity index (χ2n) is 9.02. The molecule has 2 aromatic heterocycles. The van der Waals surface area contributed by atoms with E-state index in [2.05, 4.69) is 31.0 Å². The van der Waals surface area contributed by atoms with Gasteiger partial charge in [-0.3, -0.25) is 9.59 Å². The minimum atomic E-state index is -0.0985. The van der Waals surface area contributed by atoms with Gasteiger partial charge in [0.15, 0.2) is 5.69 Å². The molecule has 1 saturated heterocycles. The third kappa shape index (κ3) is 4.21. The number of piperidine rings is 1. The molecule has 0 radical (unpaired) electrons. The van der Waals surface area contributed by atoms with Crippen LogP contribution in [0.1, 0.15) is 56.2 Å². The van der Waals surface area contributed by atoms with E-state index < -0.39 is 0 Å². The molecule has 4 rings (SSSR count). The molecule has 0 atom stereocenters. The average Bonchev–Trinajstić information content (AvgIpc) is 3.13. The van der Waals surface area contributed by atoms with Crippen molar-refractivity contribution in [3.05, 3.63) is 39.9 Å². The molecular weight excluding hydrogens is 370 g/mol. The van der Waals surface area contributed by atoms with Crippen LogP contribution < -0.4 is 10.3 Å². The first-order chi connectivity index (χ1) is 13.8. The lowest BCUT2D eigenvalue weighted by molar-refractivity contribution is 0.0673. The Labute approximate surface area is 170 Å². The van der Waals surface area contributed by atoms with Crippen LogP contribution in [0, 0.1) is 5.92 Å². The predicted octanol–water partition coefficient (Wildman–Crippen LogP) is 2.07. The van der Waals surface area contributed by atoms with E-state index in [4.69, 9.17) is 4.74 Å². The van der Waals surface area contributed by atoms with Gasteiger partial charge in [0.25, 0.3) is 11.5 Å². The molecule has 0 N–H and O–H groups in total. The lowest BCUT2D eigenvalue weighted by Crippen LogP contribution is -2.40. The number of carbonyl (C=O) groups excluding carboxylic acids is 1. The molecule has 2 aliphatic rings. The van der Waals surface area contributed by atoms with Crippen LogP contribution in [0.15, 0.2) is 23.0 Å². The van der Waals surface area contributed by atoms with Gasteiger partial charge in [-0.2, -0.15) is 10.2 Å². The normalized spacial score (nSPS) is 17.7. The molecule has 2 aromatic rings. The topological polar surface area (TPSA) is 82.2 Å². The van der Waals surface area contributed by atoms with E-state index in [1.54, 1.807) is 21.5 Å². The molecule has 0 aromatic carbocycles. The van der Waals surface area contributed by atoms with Gasteiger partial charge in [0.2, 0.25) is 5.88 Å². The second-order valence-corrected chi connectivity index (χ2v) is 9.02. The Morgan fingerprint density at radius 2 is 1.93 bits per heavy atom. The highest BCUT2D eigenvalue weighted by atomic mass is 16.5. The van der Waals surface area contributed by atoms with Crippen LogP contribution in [0.5, 0.6) is 5.88 Å². The van der Waals surface area contributed by atoms with Crippen molar-refractivity contribution in [1.29, 1.82) is 0 Å². The van der Waals surface area contributed by atoms with Gasteiger partial charge in [-0.1, -0.05) is 20.8 Å². The minimum Gasteiger partial charge on any atom is -0.478 e. The summed E-state index contributed by atoms with van der Waals surface area (Å²) in [4.78, 5) is 26.9. The van der Waals surface area contributed by atoms with Crippen molar-refractivity contribution in [2.45, 2.75) is 58.5 Å². The van der Waals surface area contributed by atoms with Crippen molar-refractivity contribution in [3.63, 3.8) is 0 Å². The maximum absolute atomic E-state index is 12.8. The summed E-state index contributed by atoms with van der Waals surface area (Å²) in [5, 5.41) is 8.98. The predicted molar refractivity (Wildman–Crippen MR) is 108 cm³/mol. The number of fused-ring (bicyclic) bond motifs is 1. The summed E-state index contributed by atoms with van der Waals surface area (Å²) in [5.41, 5.74) is 1.20. The van der Waals surface area contributed by atoms with Gasteiger partial charge >= 0.3 is 0 Å². The number of aromatic nitrogens is 4. The monoisotopic (exact) mass is 399 g/mol. The number of carbonyl (C=O) groups is 1. The van der Waals surface area contributed by atoms with E-state index in [9.17, 15) is 9.59 Å². The van der Waals surface area contributed by atoms with Gasteiger partial charge in [-0.25, -0.2) is 9.36 Å². The van der Waals surface area contributed by atoms with E-state index in [0.717, 1.165) is 31.5 Å². The summed E-state index contributed by atoms with van der Waals surface area (Å²) in [6.45, 7) is 9.67. The summed E-state index contributed by atoms with van der Waals surface area (Å²) >= 11 is 0. The molecule has 0 bridgehead atoms. The molecule has 2 aliphatic heterocycles. The number of hydrogen-bond acceptors (Lipinski definition) is 5. The molecule has 156 valence electrons. The summed E-state index contributed by atoms with van der Waals surface area (Å²) in [7, 11) is 0. The Bertz CT molecular complexity index is 924. The van der Waals surface area contributed by atoms with Crippen molar-refractivity contribution in [2.24, 2.45) is 5.92 Å². The highest BCUT2D eigenvalue weighted by Gasteiger charge is 2.27. The van der Waals surface area contributed by atoms with Crippen LogP contribution in [-0.2, 0) is 18.5 Å². The maximum Gasteiger partial charge on any atom is 0.274 e. The van der Waals surface area contributed by atoms with Gasteiger partial charge in [0.05, 0.1) is 12.3 Å². The second kappa shape index (κ2) is 7.65. The van der Waals surface area contributed by atoms with Gasteiger partial charge in [0, 0.05) is 50.1 Å². The molecule has 8 nitrogen and oxygen atoms in total. The van der Waals surface area contributed by atoms with Crippen LogP contribution in [0.25, 0.3) is 0 Å². The zero-order valence-corrected chi connectivity index (χ0v) is 17.4. The SMILES string of the molecule is CC(C)(C)c1ccc(=O)n(CC2CCN(C(=O)c3cc4n(n3)CCCO4)CC2)n1. The number of hydrogen-bond donors (Lipinski definition) is 0. The van der Waals surface area contributed by atoms with Crippen LogP contribution in [-0.4, -0.2) is 50.1 Å². The zero-order chi connectivity index (χ0) is 20.6. The van der Waals surface area contributed by atoms with E-state index in [-0.39, 0.29) is 16.9 Å². The summed E-state index contributed by atoms with van der Waals surface area (Å²) in [6.07, 6.45) is 2.62. The van der Waals surface area contributed by atoms with Gasteiger partial charge in [0.1, 0.15) is 0 Å². The summed E-state index contributed by atoms with van der Waals surface area (Å²) in [6, 6.07) is 5.16. The molecule has 0 aliphatic carbocycles. The standard InChI is InChI=1S/C21H29N5O3/c1-21(2,3)17-5-6-18(27)26(23-17)14-15-7-10-24(11-8-15)20(28)16-13-19-25(22-16)9-4-12-29-19/h5-6,13,15H,4,7-12,14H2,1-3H3. The molecule has 1 amide bonds. The van der Waals surface area contributed by atoms with Gasteiger partial charge in [-0.05, 0) is 24.8 Å². The highest BCUT2D eigenvalue weighted by molar-refractivity contribution is 5.92. The van der Waals surface area contributed by atoms with E-state index in [1.165, 1.54) is 0 Å². The van der Waals surface area contributed by atoms with Crippen molar-refractivity contribution in [1.82, 2.24) is 24.5 Å². The highest BCUT2D eigenvalue weighted by Crippen LogP contribution is 2.23. The van der Waals surface area contributed by atoms with E-state index in [1.807, 2.05) is 11.0 Å². The quantitative estimate of drug-likeness (QED) is 0.789. The minimum absolute atomic E-state index is 0.0426. The van der Waals surface area contributed by atoms with Crippen LogP contribution in [0.2, 0.25) is 0 Å². The Morgan fingerprint density at radius 1 is 1.17 bits per heavy atom. The van der Waals surface area contributed by atoms with Crippen LogP contribution in [0.4, 0.5) is 0 Å². The molecule has 4 heterocycles. The van der Waals surface area contributed by atoms with Gasteiger partial charge < -0.3 is 9.64 Å². The van der Waals surface area contributed by atoms with E-state index in [0.29, 0.717) is 43.7 Å². The average molecular weight is 399 g/mol. The smallest absolute Gasteiger partial charge is 0.274 e. The fraction of sp³-hybridized carbons (Fsp3) is 0.619. The lowest BCUT2D eigenvalue weighted by atomic mass is 9.92. The van der Waals surface area contributed by atoms with Crippen LogP contribution in [0.3, 0.4) is 0 Å². The Hall–Kier alpha value is -2.64.